The summed E-state index contributed by atoms with van der Waals surface area (Å²) in [4.78, 5) is 21.4. The minimum absolute atomic E-state index is 0.370. The van der Waals surface area contributed by atoms with E-state index in [0.29, 0.717) is 19.3 Å². The fraction of sp³-hybridized carbons (Fsp3) is 0.800. The number of hydrogen-bond donors (Lipinski definition) is 2. The van der Waals surface area contributed by atoms with E-state index in [4.69, 9.17) is 5.11 Å². The number of carbonyl (C=O) groups excluding carboxylic acids is 1. The third-order valence-corrected chi connectivity index (χ3v) is 3.21. The van der Waals surface area contributed by atoms with Gasteiger partial charge >= 0.3 is 18.1 Å². The van der Waals surface area contributed by atoms with Crippen LogP contribution in [-0.2, 0) is 9.59 Å². The van der Waals surface area contributed by atoms with Gasteiger partial charge in [0.15, 0.2) is 0 Å². The van der Waals surface area contributed by atoms with E-state index >= 15 is 0 Å². The molecular weight excluding hydrogens is 277 g/mol. The van der Waals surface area contributed by atoms with Crippen molar-refractivity contribution in [2.75, 3.05) is 6.54 Å². The number of carbonyl (C=O) groups is 2. The van der Waals surface area contributed by atoms with E-state index < -0.39 is 35.9 Å². The maximum absolute atomic E-state index is 12.6. The van der Waals surface area contributed by atoms with Crippen LogP contribution in [0.25, 0.3) is 0 Å². The number of alkyl halides is 5. The predicted octanol–water partition coefficient (Wildman–Crippen LogP) is 1.95. The molecule has 0 heterocycles. The van der Waals surface area contributed by atoms with E-state index in [1.165, 1.54) is 5.32 Å². The number of carboxylic acids is 1. The van der Waals surface area contributed by atoms with Crippen molar-refractivity contribution in [3.8, 4) is 0 Å². The molecule has 2 N–H and O–H groups in total. The van der Waals surface area contributed by atoms with Gasteiger partial charge in [0.1, 0.15) is 0 Å². The highest BCUT2D eigenvalue weighted by Gasteiger charge is 2.63. The molecule has 1 saturated carbocycles. The van der Waals surface area contributed by atoms with Crippen molar-refractivity contribution in [1.82, 2.24) is 5.32 Å². The zero-order valence-electron chi connectivity index (χ0n) is 9.69. The standard InChI is InChI=1S/C10H12F5NO3/c11-9(12,10(13,14)15)7(19)16-5-8(2-1-3-8)4-6(17)18/h1-5H2,(H,16,19)(H,17,18). The maximum Gasteiger partial charge on any atom is 0.463 e. The van der Waals surface area contributed by atoms with Crippen molar-refractivity contribution in [3.05, 3.63) is 0 Å². The Kier molecular flexibility index (Phi) is 4.06. The highest BCUT2D eigenvalue weighted by Crippen LogP contribution is 2.43. The molecule has 0 radical (unpaired) electrons. The zero-order chi connectivity index (χ0) is 14.9. The zero-order valence-corrected chi connectivity index (χ0v) is 9.69. The SMILES string of the molecule is O=C(O)CC1(CNC(=O)C(F)(F)C(F)(F)F)CCC1. The van der Waals surface area contributed by atoms with Gasteiger partial charge < -0.3 is 10.4 Å². The molecule has 0 atom stereocenters. The molecule has 110 valence electrons. The monoisotopic (exact) mass is 289 g/mol. The van der Waals surface area contributed by atoms with Gasteiger partial charge in [-0.25, -0.2) is 0 Å². The lowest BCUT2D eigenvalue weighted by Gasteiger charge is -2.41. The van der Waals surface area contributed by atoms with Crippen LogP contribution in [-0.4, -0.2) is 35.6 Å². The number of rotatable bonds is 5. The van der Waals surface area contributed by atoms with Crippen molar-refractivity contribution in [1.29, 1.82) is 0 Å². The Bertz CT molecular complexity index is 376. The molecule has 0 aromatic rings. The van der Waals surface area contributed by atoms with Crippen LogP contribution in [0.5, 0.6) is 0 Å². The topological polar surface area (TPSA) is 66.4 Å². The van der Waals surface area contributed by atoms with Crippen LogP contribution in [0.4, 0.5) is 22.0 Å². The molecule has 1 aliphatic carbocycles. The fourth-order valence-electron chi connectivity index (χ4n) is 1.92. The van der Waals surface area contributed by atoms with Crippen LogP contribution in [0.15, 0.2) is 0 Å². The van der Waals surface area contributed by atoms with Gasteiger partial charge in [-0.3, -0.25) is 9.59 Å². The summed E-state index contributed by atoms with van der Waals surface area (Å²) in [5, 5.41) is 10.1. The second-order valence-electron chi connectivity index (χ2n) is 4.68. The maximum atomic E-state index is 12.6. The number of amides is 1. The van der Waals surface area contributed by atoms with Gasteiger partial charge in [-0.05, 0) is 18.3 Å². The van der Waals surface area contributed by atoms with Crippen LogP contribution >= 0.6 is 0 Å². The molecule has 0 unspecified atom stereocenters. The molecule has 1 rings (SSSR count). The van der Waals surface area contributed by atoms with Gasteiger partial charge in [-0.1, -0.05) is 6.42 Å². The van der Waals surface area contributed by atoms with Crippen LogP contribution in [0, 0.1) is 5.41 Å². The Balaban J connectivity index is 2.61. The molecule has 0 aromatic heterocycles. The van der Waals surface area contributed by atoms with Gasteiger partial charge in [-0.15, -0.1) is 0 Å². The van der Waals surface area contributed by atoms with E-state index in [2.05, 4.69) is 0 Å². The van der Waals surface area contributed by atoms with E-state index in [0.717, 1.165) is 0 Å². The van der Waals surface area contributed by atoms with Crippen molar-refractivity contribution in [2.45, 2.75) is 37.8 Å². The Morgan fingerprint density at radius 2 is 1.68 bits per heavy atom. The van der Waals surface area contributed by atoms with E-state index in [1.54, 1.807) is 0 Å². The number of carboxylic acid groups (broad SMARTS) is 1. The van der Waals surface area contributed by atoms with E-state index in [-0.39, 0.29) is 6.42 Å². The molecule has 0 bridgehead atoms. The number of aliphatic carboxylic acids is 1. The first-order valence-electron chi connectivity index (χ1n) is 5.45. The minimum atomic E-state index is -5.96. The summed E-state index contributed by atoms with van der Waals surface area (Å²) in [6, 6.07) is 0. The third kappa shape index (κ3) is 3.32. The van der Waals surface area contributed by atoms with Crippen LogP contribution in [0.1, 0.15) is 25.7 Å². The largest absolute Gasteiger partial charge is 0.481 e. The molecule has 1 aliphatic rings. The quantitative estimate of drug-likeness (QED) is 0.760. The van der Waals surface area contributed by atoms with Crippen molar-refractivity contribution < 1.29 is 36.6 Å². The van der Waals surface area contributed by atoms with Crippen LogP contribution < -0.4 is 5.32 Å². The lowest BCUT2D eigenvalue weighted by atomic mass is 9.66. The van der Waals surface area contributed by atoms with Gasteiger partial charge in [0.25, 0.3) is 5.91 Å². The molecular formula is C10H12F5NO3. The van der Waals surface area contributed by atoms with Gasteiger partial charge in [0.2, 0.25) is 0 Å². The molecule has 9 heteroatoms. The molecule has 0 saturated heterocycles. The number of nitrogens with one attached hydrogen (secondary N) is 1. The molecule has 1 fully saturated rings. The number of halogens is 5. The first-order valence-corrected chi connectivity index (χ1v) is 5.45. The summed E-state index contributed by atoms with van der Waals surface area (Å²) < 4.78 is 61.0. The van der Waals surface area contributed by atoms with E-state index in [9.17, 15) is 31.5 Å². The summed E-state index contributed by atoms with van der Waals surface area (Å²) in [6.07, 6.45) is -4.94. The second kappa shape index (κ2) is 4.93. The lowest BCUT2D eigenvalue weighted by molar-refractivity contribution is -0.270. The van der Waals surface area contributed by atoms with Crippen molar-refractivity contribution in [2.24, 2.45) is 5.41 Å². The lowest BCUT2D eigenvalue weighted by Crippen LogP contribution is -2.53. The predicted molar refractivity (Wildman–Crippen MR) is 52.5 cm³/mol. The molecule has 0 aliphatic heterocycles. The first kappa shape index (κ1) is 15.6. The molecule has 19 heavy (non-hydrogen) atoms. The fourth-order valence-corrected chi connectivity index (χ4v) is 1.92. The Labute approximate surface area is 105 Å². The molecule has 1 amide bonds. The van der Waals surface area contributed by atoms with Crippen molar-refractivity contribution in [3.63, 3.8) is 0 Å². The Hall–Kier alpha value is -1.41. The first-order chi connectivity index (χ1) is 8.50. The average Bonchev–Trinajstić information content (AvgIpc) is 2.19. The Morgan fingerprint density at radius 3 is 2.00 bits per heavy atom. The molecule has 4 nitrogen and oxygen atoms in total. The number of hydrogen-bond acceptors (Lipinski definition) is 2. The highest BCUT2D eigenvalue weighted by atomic mass is 19.4. The summed E-state index contributed by atoms with van der Waals surface area (Å²) in [5.74, 6) is -9.10. The highest BCUT2D eigenvalue weighted by molar-refractivity contribution is 5.84. The van der Waals surface area contributed by atoms with E-state index in [1.807, 2.05) is 0 Å². The minimum Gasteiger partial charge on any atom is -0.481 e. The van der Waals surface area contributed by atoms with Crippen LogP contribution in [0.3, 0.4) is 0 Å². The molecule has 0 spiro atoms. The summed E-state index contributed by atoms with van der Waals surface area (Å²) in [7, 11) is 0. The van der Waals surface area contributed by atoms with Gasteiger partial charge in [-0.2, -0.15) is 22.0 Å². The van der Waals surface area contributed by atoms with Crippen LogP contribution in [0.2, 0.25) is 0 Å². The van der Waals surface area contributed by atoms with Gasteiger partial charge in [0, 0.05) is 6.54 Å². The summed E-state index contributed by atoms with van der Waals surface area (Å²) in [5.41, 5.74) is -0.914. The smallest absolute Gasteiger partial charge is 0.463 e. The van der Waals surface area contributed by atoms with Gasteiger partial charge in [0.05, 0.1) is 6.42 Å². The average molecular weight is 289 g/mol. The normalized spacial score (nSPS) is 18.6. The molecule has 0 aromatic carbocycles. The summed E-state index contributed by atoms with van der Waals surface area (Å²) in [6.45, 7) is -0.496. The Morgan fingerprint density at radius 1 is 1.16 bits per heavy atom. The van der Waals surface area contributed by atoms with Crippen molar-refractivity contribution >= 4 is 11.9 Å². The summed E-state index contributed by atoms with van der Waals surface area (Å²) >= 11 is 0. The second-order valence-corrected chi connectivity index (χ2v) is 4.68. The third-order valence-electron chi connectivity index (χ3n) is 3.21.